The predicted molar refractivity (Wildman–Crippen MR) is 102 cm³/mol. The van der Waals surface area contributed by atoms with Gasteiger partial charge in [0.25, 0.3) is 0 Å². The van der Waals surface area contributed by atoms with Gasteiger partial charge < -0.3 is 15.4 Å². The van der Waals surface area contributed by atoms with Crippen LogP contribution in [0.3, 0.4) is 0 Å². The van der Waals surface area contributed by atoms with Crippen molar-refractivity contribution in [2.24, 2.45) is 0 Å². The lowest BCUT2D eigenvalue weighted by molar-refractivity contribution is 0.414. The molecular weight excluding hydrogens is 312 g/mol. The summed E-state index contributed by atoms with van der Waals surface area (Å²) >= 11 is 0. The van der Waals surface area contributed by atoms with E-state index in [2.05, 4.69) is 26.7 Å². The van der Waals surface area contributed by atoms with E-state index in [0.29, 0.717) is 5.95 Å². The molecule has 0 aliphatic heterocycles. The molecule has 0 saturated carbocycles. The Labute approximate surface area is 148 Å². The van der Waals surface area contributed by atoms with Gasteiger partial charge in [0.05, 0.1) is 7.11 Å². The summed E-state index contributed by atoms with van der Waals surface area (Å²) in [5, 5.41) is 6.60. The summed E-state index contributed by atoms with van der Waals surface area (Å²) < 4.78 is 5.25. The molecule has 2 aromatic carbocycles. The minimum Gasteiger partial charge on any atom is -0.497 e. The van der Waals surface area contributed by atoms with Crippen LogP contribution in [0.2, 0.25) is 0 Å². The zero-order valence-electron chi connectivity index (χ0n) is 14.5. The van der Waals surface area contributed by atoms with Crippen molar-refractivity contribution in [1.29, 1.82) is 0 Å². The van der Waals surface area contributed by atoms with E-state index in [-0.39, 0.29) is 0 Å². The van der Waals surface area contributed by atoms with Crippen LogP contribution in [0.4, 0.5) is 17.5 Å². The predicted octanol–water partition coefficient (Wildman–Crippen LogP) is 4.19. The second kappa shape index (κ2) is 8.15. The number of nitrogens with one attached hydrogen (secondary N) is 2. The van der Waals surface area contributed by atoms with Crippen molar-refractivity contribution in [3.63, 3.8) is 0 Å². The van der Waals surface area contributed by atoms with Gasteiger partial charge in [-0.25, -0.2) is 4.98 Å². The summed E-state index contributed by atoms with van der Waals surface area (Å²) in [5.74, 6) is 2.28. The first-order valence-electron chi connectivity index (χ1n) is 8.27. The third-order valence-corrected chi connectivity index (χ3v) is 3.73. The molecule has 0 fully saturated rings. The summed E-state index contributed by atoms with van der Waals surface area (Å²) in [6.45, 7) is 2.71. The number of hydrogen-bond acceptors (Lipinski definition) is 5. The van der Waals surface area contributed by atoms with Crippen LogP contribution in [-0.2, 0) is 6.42 Å². The maximum atomic E-state index is 5.25. The molecule has 5 heteroatoms. The van der Waals surface area contributed by atoms with Crippen molar-refractivity contribution in [2.75, 3.05) is 24.3 Å². The number of hydrogen-bond donors (Lipinski definition) is 2. The number of para-hydroxylation sites is 1. The number of benzene rings is 2. The highest BCUT2D eigenvalue weighted by molar-refractivity contribution is 5.57. The molecule has 0 saturated heterocycles. The smallest absolute Gasteiger partial charge is 0.224 e. The van der Waals surface area contributed by atoms with Gasteiger partial charge in [-0.05, 0) is 43.2 Å². The number of nitrogens with zero attached hydrogens (tertiary/aromatic N) is 2. The summed E-state index contributed by atoms with van der Waals surface area (Å²) in [4.78, 5) is 8.99. The molecule has 0 radical (unpaired) electrons. The van der Waals surface area contributed by atoms with Crippen molar-refractivity contribution in [3.05, 3.63) is 71.9 Å². The third-order valence-electron chi connectivity index (χ3n) is 3.73. The fraction of sp³-hybridized carbons (Fsp3) is 0.200. The van der Waals surface area contributed by atoms with Gasteiger partial charge in [-0.2, -0.15) is 4.98 Å². The normalized spacial score (nSPS) is 10.3. The zero-order valence-corrected chi connectivity index (χ0v) is 14.5. The van der Waals surface area contributed by atoms with Gasteiger partial charge in [-0.3, -0.25) is 0 Å². The lowest BCUT2D eigenvalue weighted by Gasteiger charge is -2.10. The molecule has 5 nitrogen and oxygen atoms in total. The Morgan fingerprint density at radius 3 is 2.60 bits per heavy atom. The Hall–Kier alpha value is -3.08. The number of aromatic nitrogens is 2. The summed E-state index contributed by atoms with van der Waals surface area (Å²) in [6, 6.07) is 20.0. The topological polar surface area (TPSA) is 59.1 Å². The number of ether oxygens (including phenoxy) is 1. The molecule has 0 bridgehead atoms. The highest BCUT2D eigenvalue weighted by atomic mass is 16.5. The molecule has 128 valence electrons. The first-order valence-corrected chi connectivity index (χ1v) is 8.27. The molecule has 0 spiro atoms. The molecule has 3 rings (SSSR count). The monoisotopic (exact) mass is 334 g/mol. The van der Waals surface area contributed by atoms with Crippen molar-refractivity contribution in [3.8, 4) is 5.75 Å². The Balaban J connectivity index is 1.62. The highest BCUT2D eigenvalue weighted by Gasteiger charge is 2.03. The second-order valence-electron chi connectivity index (χ2n) is 5.74. The number of methoxy groups -OCH3 is 1. The van der Waals surface area contributed by atoms with E-state index in [1.54, 1.807) is 7.11 Å². The number of rotatable bonds is 7. The third kappa shape index (κ3) is 4.94. The molecule has 0 atom stereocenters. The van der Waals surface area contributed by atoms with Gasteiger partial charge in [-0.15, -0.1) is 0 Å². The Morgan fingerprint density at radius 1 is 0.960 bits per heavy atom. The van der Waals surface area contributed by atoms with Crippen LogP contribution in [0, 0.1) is 6.92 Å². The maximum Gasteiger partial charge on any atom is 0.224 e. The number of aryl methyl sites for hydroxylation is 1. The van der Waals surface area contributed by atoms with E-state index in [0.717, 1.165) is 35.9 Å². The lowest BCUT2D eigenvalue weighted by Crippen LogP contribution is -2.09. The minimum absolute atomic E-state index is 0.626. The van der Waals surface area contributed by atoms with E-state index in [1.165, 1.54) is 5.56 Å². The number of anilines is 3. The average Bonchev–Trinajstić information content (AvgIpc) is 2.62. The van der Waals surface area contributed by atoms with Crippen LogP contribution in [0.25, 0.3) is 0 Å². The van der Waals surface area contributed by atoms with Crippen molar-refractivity contribution in [1.82, 2.24) is 9.97 Å². The van der Waals surface area contributed by atoms with Gasteiger partial charge in [0.2, 0.25) is 5.95 Å². The SMILES string of the molecule is COc1cccc(CCNc2nc(C)cc(Nc3ccccc3)n2)c1. The Bertz CT molecular complexity index is 821. The molecule has 0 aliphatic rings. The molecule has 2 N–H and O–H groups in total. The molecule has 1 heterocycles. The van der Waals surface area contributed by atoms with Crippen LogP contribution in [-0.4, -0.2) is 23.6 Å². The zero-order chi connectivity index (χ0) is 17.5. The van der Waals surface area contributed by atoms with Crippen molar-refractivity contribution in [2.45, 2.75) is 13.3 Å². The summed E-state index contributed by atoms with van der Waals surface area (Å²) in [5.41, 5.74) is 3.13. The molecular formula is C20H22N4O. The van der Waals surface area contributed by atoms with Crippen LogP contribution in [0.15, 0.2) is 60.7 Å². The quantitative estimate of drug-likeness (QED) is 0.678. The van der Waals surface area contributed by atoms with Crippen molar-refractivity contribution >= 4 is 17.5 Å². The molecule has 3 aromatic rings. The van der Waals surface area contributed by atoms with Crippen LogP contribution in [0.1, 0.15) is 11.3 Å². The van der Waals surface area contributed by atoms with Crippen LogP contribution in [0.5, 0.6) is 5.75 Å². The lowest BCUT2D eigenvalue weighted by atomic mass is 10.1. The van der Waals surface area contributed by atoms with E-state index in [9.17, 15) is 0 Å². The Kier molecular flexibility index (Phi) is 5.46. The molecule has 0 aliphatic carbocycles. The van der Waals surface area contributed by atoms with E-state index in [4.69, 9.17) is 4.74 Å². The maximum absolute atomic E-state index is 5.25. The second-order valence-corrected chi connectivity index (χ2v) is 5.74. The fourth-order valence-corrected chi connectivity index (χ4v) is 2.53. The van der Waals surface area contributed by atoms with E-state index in [1.807, 2.05) is 61.5 Å². The summed E-state index contributed by atoms with van der Waals surface area (Å²) in [6.07, 6.45) is 0.871. The first kappa shape index (κ1) is 16.8. The van der Waals surface area contributed by atoms with Gasteiger partial charge >= 0.3 is 0 Å². The molecule has 25 heavy (non-hydrogen) atoms. The molecule has 0 amide bonds. The average molecular weight is 334 g/mol. The largest absolute Gasteiger partial charge is 0.497 e. The molecule has 1 aromatic heterocycles. The van der Waals surface area contributed by atoms with E-state index >= 15 is 0 Å². The Morgan fingerprint density at radius 2 is 1.80 bits per heavy atom. The van der Waals surface area contributed by atoms with Gasteiger partial charge in [0.1, 0.15) is 11.6 Å². The standard InChI is InChI=1S/C20H22N4O/c1-15-13-19(23-17-8-4-3-5-9-17)24-20(22-15)21-12-11-16-7-6-10-18(14-16)25-2/h3-10,13-14H,11-12H2,1-2H3,(H2,21,22,23,24). The highest BCUT2D eigenvalue weighted by Crippen LogP contribution is 2.17. The van der Waals surface area contributed by atoms with Crippen LogP contribution >= 0.6 is 0 Å². The van der Waals surface area contributed by atoms with Gasteiger partial charge in [-0.1, -0.05) is 30.3 Å². The van der Waals surface area contributed by atoms with Gasteiger partial charge in [0.15, 0.2) is 0 Å². The van der Waals surface area contributed by atoms with Crippen molar-refractivity contribution < 1.29 is 4.74 Å². The fourth-order valence-electron chi connectivity index (χ4n) is 2.53. The molecule has 0 unspecified atom stereocenters. The van der Waals surface area contributed by atoms with E-state index < -0.39 is 0 Å². The minimum atomic E-state index is 0.626. The summed E-state index contributed by atoms with van der Waals surface area (Å²) in [7, 11) is 1.68. The first-order chi connectivity index (χ1) is 12.2. The van der Waals surface area contributed by atoms with Gasteiger partial charge in [0, 0.05) is 24.0 Å². The van der Waals surface area contributed by atoms with Crippen LogP contribution < -0.4 is 15.4 Å².